The van der Waals surface area contributed by atoms with E-state index in [9.17, 15) is 8.42 Å². The Morgan fingerprint density at radius 1 is 1.20 bits per heavy atom. The van der Waals surface area contributed by atoms with Crippen LogP contribution in [0.25, 0.3) is 0 Å². The summed E-state index contributed by atoms with van der Waals surface area (Å²) in [5.41, 5.74) is 8.12. The lowest BCUT2D eigenvalue weighted by atomic mass is 10.1. The van der Waals surface area contributed by atoms with E-state index in [0.717, 1.165) is 20.9 Å². The number of nitrogens with two attached hydrogens (primary N) is 1. The van der Waals surface area contributed by atoms with Crippen LogP contribution in [0.5, 0.6) is 0 Å². The smallest absolute Gasteiger partial charge is 0.240 e. The molecule has 0 aliphatic rings. The van der Waals surface area contributed by atoms with Gasteiger partial charge in [0.05, 0.1) is 4.90 Å². The van der Waals surface area contributed by atoms with Crippen LogP contribution in [0.1, 0.15) is 20.9 Å². The van der Waals surface area contributed by atoms with Crippen molar-refractivity contribution in [1.82, 2.24) is 4.72 Å². The van der Waals surface area contributed by atoms with Gasteiger partial charge < -0.3 is 5.73 Å². The molecule has 1 heterocycles. The summed E-state index contributed by atoms with van der Waals surface area (Å²) in [7, 11) is -3.53. The molecule has 4 nitrogen and oxygen atoms in total. The quantitative estimate of drug-likeness (QED) is 0.853. The van der Waals surface area contributed by atoms with Crippen LogP contribution in [0.15, 0.2) is 29.2 Å². The van der Waals surface area contributed by atoms with Gasteiger partial charge in [0, 0.05) is 22.0 Å². The van der Waals surface area contributed by atoms with E-state index in [1.165, 1.54) is 6.07 Å². The molecule has 1 aromatic carbocycles. The van der Waals surface area contributed by atoms with E-state index >= 15 is 0 Å². The third kappa shape index (κ3) is 3.20. The van der Waals surface area contributed by atoms with Crippen LogP contribution in [0.2, 0.25) is 0 Å². The number of rotatable bonds is 4. The molecule has 2 aromatic rings. The molecule has 20 heavy (non-hydrogen) atoms. The van der Waals surface area contributed by atoms with Crippen molar-refractivity contribution in [2.45, 2.75) is 32.2 Å². The lowest BCUT2D eigenvalue weighted by Gasteiger charge is -2.10. The zero-order valence-electron chi connectivity index (χ0n) is 11.7. The van der Waals surface area contributed by atoms with E-state index in [0.29, 0.717) is 12.2 Å². The fraction of sp³-hybridized carbons (Fsp3) is 0.286. The van der Waals surface area contributed by atoms with Gasteiger partial charge in [-0.05, 0) is 56.2 Å². The number of benzene rings is 1. The Labute approximate surface area is 123 Å². The van der Waals surface area contributed by atoms with E-state index in [1.807, 2.05) is 32.9 Å². The van der Waals surface area contributed by atoms with Crippen molar-refractivity contribution >= 4 is 27.0 Å². The van der Waals surface area contributed by atoms with Gasteiger partial charge in [-0.3, -0.25) is 0 Å². The molecule has 0 atom stereocenters. The van der Waals surface area contributed by atoms with Gasteiger partial charge in [0.2, 0.25) is 10.0 Å². The molecule has 0 fully saturated rings. The summed E-state index contributed by atoms with van der Waals surface area (Å²) in [6.45, 7) is 6.02. The average molecular weight is 310 g/mol. The van der Waals surface area contributed by atoms with E-state index < -0.39 is 10.0 Å². The number of thiophene rings is 1. The first-order valence-corrected chi connectivity index (χ1v) is 8.51. The lowest BCUT2D eigenvalue weighted by molar-refractivity contribution is 0.581. The van der Waals surface area contributed by atoms with Crippen molar-refractivity contribution in [3.8, 4) is 0 Å². The van der Waals surface area contributed by atoms with Gasteiger partial charge >= 0.3 is 0 Å². The summed E-state index contributed by atoms with van der Waals surface area (Å²) in [4.78, 5) is 2.36. The van der Waals surface area contributed by atoms with Crippen LogP contribution in [0.3, 0.4) is 0 Å². The standard InChI is InChI=1S/C14H18N2O2S2/c1-9-6-13(7-14(15)11(9)3)20(17,18)16-8-12-5-4-10(2)19-12/h4-7,16H,8,15H2,1-3H3. The number of nitrogens with one attached hydrogen (secondary N) is 1. The number of sulfonamides is 1. The molecule has 0 spiro atoms. The van der Waals surface area contributed by atoms with E-state index in [2.05, 4.69) is 4.72 Å². The van der Waals surface area contributed by atoms with Crippen molar-refractivity contribution in [3.05, 3.63) is 45.1 Å². The SMILES string of the molecule is Cc1ccc(CNS(=O)(=O)c2cc(C)c(C)c(N)c2)s1. The second kappa shape index (κ2) is 5.55. The maximum atomic E-state index is 12.3. The van der Waals surface area contributed by atoms with Crippen molar-refractivity contribution < 1.29 is 8.42 Å². The van der Waals surface area contributed by atoms with Crippen LogP contribution in [0.4, 0.5) is 5.69 Å². The van der Waals surface area contributed by atoms with Gasteiger partial charge in [-0.25, -0.2) is 13.1 Å². The summed E-state index contributed by atoms with van der Waals surface area (Å²) in [5.74, 6) is 0. The van der Waals surface area contributed by atoms with Gasteiger partial charge in [-0.1, -0.05) is 0 Å². The fourth-order valence-electron chi connectivity index (χ4n) is 1.84. The summed E-state index contributed by atoms with van der Waals surface area (Å²) in [5, 5.41) is 0. The van der Waals surface area contributed by atoms with Crippen molar-refractivity contribution in [3.63, 3.8) is 0 Å². The molecule has 0 radical (unpaired) electrons. The molecule has 0 saturated heterocycles. The van der Waals surface area contributed by atoms with Gasteiger partial charge in [-0.2, -0.15) is 0 Å². The van der Waals surface area contributed by atoms with Crippen LogP contribution in [-0.4, -0.2) is 8.42 Å². The molecule has 0 bridgehead atoms. The monoisotopic (exact) mass is 310 g/mol. The minimum atomic E-state index is -3.53. The maximum Gasteiger partial charge on any atom is 0.240 e. The number of aryl methyl sites for hydroxylation is 2. The maximum absolute atomic E-state index is 12.3. The second-order valence-corrected chi connectivity index (χ2v) is 7.93. The molecular weight excluding hydrogens is 292 g/mol. The minimum Gasteiger partial charge on any atom is -0.398 e. The highest BCUT2D eigenvalue weighted by Crippen LogP contribution is 2.22. The van der Waals surface area contributed by atoms with Crippen molar-refractivity contribution in [2.75, 3.05) is 5.73 Å². The Morgan fingerprint density at radius 3 is 2.45 bits per heavy atom. The van der Waals surface area contributed by atoms with Crippen LogP contribution in [-0.2, 0) is 16.6 Å². The van der Waals surface area contributed by atoms with Crippen LogP contribution >= 0.6 is 11.3 Å². The van der Waals surface area contributed by atoms with Crippen molar-refractivity contribution in [2.24, 2.45) is 0 Å². The zero-order valence-corrected chi connectivity index (χ0v) is 13.4. The second-order valence-electron chi connectivity index (χ2n) is 4.79. The highest BCUT2D eigenvalue weighted by atomic mass is 32.2. The molecule has 0 unspecified atom stereocenters. The summed E-state index contributed by atoms with van der Waals surface area (Å²) in [6.07, 6.45) is 0. The normalized spacial score (nSPS) is 11.8. The Hall–Kier alpha value is -1.37. The molecule has 0 saturated carbocycles. The molecule has 3 N–H and O–H groups in total. The summed E-state index contributed by atoms with van der Waals surface area (Å²) < 4.78 is 27.1. The van der Waals surface area contributed by atoms with E-state index in [1.54, 1.807) is 17.4 Å². The minimum absolute atomic E-state index is 0.214. The lowest BCUT2D eigenvalue weighted by Crippen LogP contribution is -2.23. The van der Waals surface area contributed by atoms with Gasteiger partial charge in [0.1, 0.15) is 0 Å². The largest absolute Gasteiger partial charge is 0.398 e. The van der Waals surface area contributed by atoms with E-state index in [4.69, 9.17) is 5.73 Å². The summed E-state index contributed by atoms with van der Waals surface area (Å²) in [6, 6.07) is 7.05. The predicted molar refractivity (Wildman–Crippen MR) is 83.4 cm³/mol. The zero-order chi connectivity index (χ0) is 14.9. The molecule has 6 heteroatoms. The number of hydrogen-bond acceptors (Lipinski definition) is 4. The van der Waals surface area contributed by atoms with E-state index in [-0.39, 0.29) is 4.90 Å². The molecule has 0 aliphatic carbocycles. The van der Waals surface area contributed by atoms with Crippen LogP contribution < -0.4 is 10.5 Å². The Bertz CT molecular complexity index is 710. The first kappa shape index (κ1) is 15.0. The van der Waals surface area contributed by atoms with Crippen LogP contribution in [0, 0.1) is 20.8 Å². The summed E-state index contributed by atoms with van der Waals surface area (Å²) >= 11 is 1.58. The number of nitrogen functional groups attached to an aromatic ring is 1. The Morgan fingerprint density at radius 2 is 1.90 bits per heavy atom. The molecule has 0 aliphatic heterocycles. The van der Waals surface area contributed by atoms with Gasteiger partial charge in [0.15, 0.2) is 0 Å². The molecule has 2 rings (SSSR count). The first-order chi connectivity index (χ1) is 9.29. The Balaban J connectivity index is 2.22. The molecule has 108 valence electrons. The first-order valence-electron chi connectivity index (χ1n) is 6.21. The third-order valence-corrected chi connectivity index (χ3v) is 5.61. The van der Waals surface area contributed by atoms with Gasteiger partial charge in [0.25, 0.3) is 0 Å². The average Bonchev–Trinajstić information content (AvgIpc) is 2.79. The molecule has 0 amide bonds. The Kier molecular flexibility index (Phi) is 4.17. The number of anilines is 1. The van der Waals surface area contributed by atoms with Crippen molar-refractivity contribution in [1.29, 1.82) is 0 Å². The number of hydrogen-bond donors (Lipinski definition) is 2. The topological polar surface area (TPSA) is 72.2 Å². The fourth-order valence-corrected chi connectivity index (χ4v) is 3.88. The predicted octanol–water partition coefficient (Wildman–Crippen LogP) is 2.73. The highest BCUT2D eigenvalue weighted by Gasteiger charge is 2.16. The molecule has 1 aromatic heterocycles. The third-order valence-electron chi connectivity index (χ3n) is 3.22. The highest BCUT2D eigenvalue weighted by molar-refractivity contribution is 7.89. The van der Waals surface area contributed by atoms with Gasteiger partial charge in [-0.15, -0.1) is 11.3 Å². The molecular formula is C14H18N2O2S2.